The third kappa shape index (κ3) is 8.25. The number of piperidine rings is 1. The lowest BCUT2D eigenvalue weighted by Crippen LogP contribution is -2.53. The van der Waals surface area contributed by atoms with E-state index in [0.717, 1.165) is 4.90 Å². The van der Waals surface area contributed by atoms with Crippen LogP contribution in [-0.2, 0) is 24.0 Å². The van der Waals surface area contributed by atoms with Crippen LogP contribution in [0.5, 0.6) is 5.75 Å². The van der Waals surface area contributed by atoms with Crippen LogP contribution in [0.3, 0.4) is 0 Å². The summed E-state index contributed by atoms with van der Waals surface area (Å²) in [7, 11) is 0. The van der Waals surface area contributed by atoms with E-state index in [4.69, 9.17) is 4.74 Å². The van der Waals surface area contributed by atoms with Crippen molar-refractivity contribution in [1.82, 2.24) is 26.2 Å². The summed E-state index contributed by atoms with van der Waals surface area (Å²) >= 11 is 0. The maximum absolute atomic E-state index is 13.1. The molecule has 218 valence electrons. The summed E-state index contributed by atoms with van der Waals surface area (Å²) in [6.45, 7) is 6.00. The second-order valence-electron chi connectivity index (χ2n) is 10.8. The van der Waals surface area contributed by atoms with Gasteiger partial charge in [0.2, 0.25) is 23.6 Å². The number of unbranched alkanes of at least 4 members (excludes halogenated alkanes) is 1. The van der Waals surface area contributed by atoms with E-state index in [1.807, 2.05) is 20.8 Å². The molecule has 2 unspecified atom stereocenters. The van der Waals surface area contributed by atoms with Gasteiger partial charge in [-0.1, -0.05) is 12.1 Å². The van der Waals surface area contributed by atoms with E-state index >= 15 is 0 Å². The molecule has 6 amide bonds. The molecule has 3 rings (SSSR count). The second kappa shape index (κ2) is 13.4. The van der Waals surface area contributed by atoms with Crippen LogP contribution in [0, 0.1) is 0 Å². The molecule has 13 heteroatoms. The molecule has 1 saturated heterocycles. The molecule has 0 radical (unpaired) electrons. The number of fused-ring (bicyclic) bond motifs is 1. The zero-order chi connectivity index (χ0) is 29.4. The van der Waals surface area contributed by atoms with E-state index in [1.54, 1.807) is 6.07 Å². The molecule has 5 N–H and O–H groups in total. The molecule has 1 aromatic rings. The molecule has 2 atom stereocenters. The highest BCUT2D eigenvalue weighted by Crippen LogP contribution is 2.39. The van der Waals surface area contributed by atoms with E-state index in [0.29, 0.717) is 25.9 Å². The average Bonchev–Trinajstić information content (AvgIpc) is 3.13. The van der Waals surface area contributed by atoms with E-state index in [2.05, 4.69) is 21.3 Å². The van der Waals surface area contributed by atoms with Gasteiger partial charge >= 0.3 is 0 Å². The largest absolute Gasteiger partial charge is 0.483 e. The van der Waals surface area contributed by atoms with E-state index in [9.17, 15) is 33.9 Å². The Bertz CT molecular complexity index is 1160. The predicted octanol–water partition coefficient (Wildman–Crippen LogP) is 0.0248. The summed E-state index contributed by atoms with van der Waals surface area (Å²) in [6.07, 6.45) is 0.199. The molecule has 2 aliphatic rings. The van der Waals surface area contributed by atoms with Gasteiger partial charge in [-0.05, 0) is 46.1 Å². The zero-order valence-corrected chi connectivity index (χ0v) is 23.0. The second-order valence-corrected chi connectivity index (χ2v) is 10.8. The molecular formula is C27H37N5O8. The van der Waals surface area contributed by atoms with E-state index in [-0.39, 0.29) is 66.5 Å². The molecule has 0 aromatic heterocycles. The quantitative estimate of drug-likeness (QED) is 0.175. The first-order chi connectivity index (χ1) is 18.9. The van der Waals surface area contributed by atoms with Gasteiger partial charge in [0.25, 0.3) is 11.8 Å². The lowest BCUT2D eigenvalue weighted by Gasteiger charge is -2.31. The van der Waals surface area contributed by atoms with Crippen molar-refractivity contribution in [3.05, 3.63) is 29.3 Å². The number of benzene rings is 1. The van der Waals surface area contributed by atoms with Crippen LogP contribution < -0.4 is 26.0 Å². The Kier molecular flexibility index (Phi) is 10.2. The van der Waals surface area contributed by atoms with Crippen LogP contribution in [-0.4, -0.2) is 76.7 Å². The number of imide groups is 1. The number of carbonyl (C=O) groups is 6. The number of ether oxygens (including phenoxy) is 1. The number of carbonyl (C=O) groups excluding carboxylic acids is 6. The van der Waals surface area contributed by atoms with Crippen molar-refractivity contribution in [3.8, 4) is 5.75 Å². The number of hydrogen-bond donors (Lipinski definition) is 5. The number of aliphatic hydroxyl groups excluding tert-OH is 1. The van der Waals surface area contributed by atoms with Gasteiger partial charge in [-0.3, -0.25) is 39.0 Å². The van der Waals surface area contributed by atoms with Crippen molar-refractivity contribution in [2.24, 2.45) is 0 Å². The minimum atomic E-state index is -1.38. The van der Waals surface area contributed by atoms with Crippen molar-refractivity contribution < 1.29 is 38.6 Å². The molecule has 0 aliphatic carbocycles. The van der Waals surface area contributed by atoms with Gasteiger partial charge in [0, 0.05) is 43.5 Å². The van der Waals surface area contributed by atoms with Gasteiger partial charge in [0.15, 0.2) is 12.8 Å². The summed E-state index contributed by atoms with van der Waals surface area (Å²) < 4.78 is 5.58. The fraction of sp³-hybridized carbons (Fsp3) is 0.556. The Morgan fingerprint density at radius 2 is 1.68 bits per heavy atom. The molecular weight excluding hydrogens is 522 g/mol. The van der Waals surface area contributed by atoms with Gasteiger partial charge in [-0.15, -0.1) is 0 Å². The van der Waals surface area contributed by atoms with Crippen molar-refractivity contribution >= 4 is 35.4 Å². The molecule has 0 bridgehead atoms. The molecule has 0 spiro atoms. The summed E-state index contributed by atoms with van der Waals surface area (Å²) in [6, 6.07) is 3.61. The first-order valence-corrected chi connectivity index (χ1v) is 13.3. The standard InChI is InChI=1S/C27H37N5O8/c1-27(2,3)31-21(35)12-11-19(33)28-13-4-5-14-29-22(36)15-40-18-8-6-7-16-23(18)26(39)32(25(16)38)17-9-10-20(34)30-24(17)37/h6-8,17,25,38H,4-5,9-15H2,1-3H3,(H,28,33)(H,29,36)(H,31,35)(H,30,34,37). The number of rotatable bonds is 12. The Morgan fingerprint density at radius 1 is 1.02 bits per heavy atom. The maximum Gasteiger partial charge on any atom is 0.261 e. The summed E-state index contributed by atoms with van der Waals surface area (Å²) in [5.41, 5.74) is -0.0215. The van der Waals surface area contributed by atoms with E-state index < -0.39 is 35.9 Å². The first kappa shape index (κ1) is 30.5. The van der Waals surface area contributed by atoms with Gasteiger partial charge in [0.05, 0.1) is 5.56 Å². The van der Waals surface area contributed by atoms with Crippen molar-refractivity contribution in [1.29, 1.82) is 0 Å². The third-order valence-corrected chi connectivity index (χ3v) is 6.29. The normalized spacial score (nSPS) is 18.6. The summed E-state index contributed by atoms with van der Waals surface area (Å²) in [5, 5.41) is 21.2. The lowest BCUT2D eigenvalue weighted by atomic mass is 10.0. The van der Waals surface area contributed by atoms with E-state index in [1.165, 1.54) is 12.1 Å². The fourth-order valence-electron chi connectivity index (χ4n) is 4.46. The van der Waals surface area contributed by atoms with Crippen molar-refractivity contribution in [3.63, 3.8) is 0 Å². The number of nitrogens with one attached hydrogen (secondary N) is 4. The summed E-state index contributed by atoms with van der Waals surface area (Å²) in [4.78, 5) is 73.8. The van der Waals surface area contributed by atoms with Crippen molar-refractivity contribution in [2.45, 2.75) is 77.1 Å². The minimum Gasteiger partial charge on any atom is -0.483 e. The fourth-order valence-corrected chi connectivity index (χ4v) is 4.46. The smallest absolute Gasteiger partial charge is 0.261 e. The van der Waals surface area contributed by atoms with Gasteiger partial charge in [-0.25, -0.2) is 0 Å². The molecule has 40 heavy (non-hydrogen) atoms. The number of amides is 6. The molecule has 1 aromatic carbocycles. The maximum atomic E-state index is 13.1. The lowest BCUT2D eigenvalue weighted by molar-refractivity contribution is -0.139. The Balaban J connectivity index is 1.37. The molecule has 0 saturated carbocycles. The first-order valence-electron chi connectivity index (χ1n) is 13.3. The topological polar surface area (TPSA) is 183 Å². The highest BCUT2D eigenvalue weighted by Gasteiger charge is 2.45. The van der Waals surface area contributed by atoms with Crippen LogP contribution in [0.15, 0.2) is 18.2 Å². The molecule has 1 fully saturated rings. The minimum absolute atomic E-state index is 0.0511. The Hall–Kier alpha value is -4.00. The van der Waals surface area contributed by atoms with Gasteiger partial charge in [0.1, 0.15) is 11.8 Å². The van der Waals surface area contributed by atoms with Crippen LogP contribution in [0.2, 0.25) is 0 Å². The highest BCUT2D eigenvalue weighted by atomic mass is 16.5. The van der Waals surface area contributed by atoms with Crippen LogP contribution in [0.4, 0.5) is 0 Å². The number of aliphatic hydroxyl groups is 1. The Morgan fingerprint density at radius 3 is 2.33 bits per heavy atom. The van der Waals surface area contributed by atoms with Crippen LogP contribution in [0.1, 0.15) is 81.4 Å². The van der Waals surface area contributed by atoms with Crippen LogP contribution in [0.25, 0.3) is 0 Å². The zero-order valence-electron chi connectivity index (χ0n) is 23.0. The monoisotopic (exact) mass is 559 g/mol. The van der Waals surface area contributed by atoms with Gasteiger partial charge in [-0.2, -0.15) is 0 Å². The highest BCUT2D eigenvalue weighted by molar-refractivity contribution is 6.07. The van der Waals surface area contributed by atoms with Crippen LogP contribution >= 0.6 is 0 Å². The third-order valence-electron chi connectivity index (χ3n) is 6.29. The van der Waals surface area contributed by atoms with Crippen molar-refractivity contribution in [2.75, 3.05) is 19.7 Å². The predicted molar refractivity (Wildman–Crippen MR) is 142 cm³/mol. The summed E-state index contributed by atoms with van der Waals surface area (Å²) in [5.74, 6) is -2.42. The number of hydrogen-bond acceptors (Lipinski definition) is 8. The van der Waals surface area contributed by atoms with Gasteiger partial charge < -0.3 is 25.8 Å². The molecule has 13 nitrogen and oxygen atoms in total. The Labute approximate surface area is 232 Å². The number of nitrogens with zero attached hydrogens (tertiary/aromatic N) is 1. The molecule has 2 aliphatic heterocycles. The molecule has 2 heterocycles. The SMILES string of the molecule is CC(C)(C)NC(=O)CCC(=O)NCCCCNC(=O)COc1cccc2c1C(=O)N(C1CCC(=O)NC1=O)C2O. The average molecular weight is 560 g/mol.